The fraction of sp³-hybridized carbons (Fsp3) is 0.304. The number of carbonyl (C=O) groups excluding carboxylic acids is 1. The van der Waals surface area contributed by atoms with Crippen molar-refractivity contribution in [2.45, 2.75) is 25.3 Å². The minimum Gasteiger partial charge on any atom is -0.393 e. The zero-order valence-corrected chi connectivity index (χ0v) is 18.6. The molecule has 1 atom stereocenters. The summed E-state index contributed by atoms with van der Waals surface area (Å²) in [4.78, 5) is 14.7. The lowest BCUT2D eigenvalue weighted by Crippen LogP contribution is -2.47. The van der Waals surface area contributed by atoms with Crippen molar-refractivity contribution < 1.29 is 4.79 Å². The monoisotopic (exact) mass is 391 g/mol. The molecule has 0 radical (unpaired) electrons. The number of carbonyl (C=O) groups is 1. The minimum absolute atomic E-state index is 0.0621. The van der Waals surface area contributed by atoms with E-state index in [0.717, 1.165) is 22.3 Å². The highest BCUT2D eigenvalue weighted by molar-refractivity contribution is 6.53. The van der Waals surface area contributed by atoms with Gasteiger partial charge in [-0.1, -0.05) is 48.5 Å². The zero-order valence-electron chi connectivity index (χ0n) is 17.2. The molecular weight excluding hydrogens is 362 g/mol. The SMILES string of the molecule is CC[SiH2]c1cccc(C2(C)CN(C)C(=O)c3ccc(/C(C=N)=C/NC)cc32)c1. The van der Waals surface area contributed by atoms with E-state index >= 15 is 0 Å². The maximum atomic E-state index is 12.8. The molecule has 0 saturated heterocycles. The van der Waals surface area contributed by atoms with E-state index < -0.39 is 0 Å². The molecule has 1 aliphatic rings. The quantitative estimate of drug-likeness (QED) is 0.587. The molecular formula is C23H29N3OSi. The fourth-order valence-electron chi connectivity index (χ4n) is 4.17. The van der Waals surface area contributed by atoms with Crippen LogP contribution in [0.2, 0.25) is 6.04 Å². The van der Waals surface area contributed by atoms with Gasteiger partial charge in [0.25, 0.3) is 5.91 Å². The van der Waals surface area contributed by atoms with Crippen molar-refractivity contribution in [3.8, 4) is 0 Å². The molecule has 5 heteroatoms. The second-order valence-corrected chi connectivity index (χ2v) is 10.1. The van der Waals surface area contributed by atoms with E-state index in [4.69, 9.17) is 5.41 Å². The Balaban J connectivity index is 2.20. The molecule has 2 aromatic rings. The van der Waals surface area contributed by atoms with Crippen molar-refractivity contribution >= 4 is 32.4 Å². The predicted molar refractivity (Wildman–Crippen MR) is 121 cm³/mol. The maximum Gasteiger partial charge on any atom is 0.253 e. The summed E-state index contributed by atoms with van der Waals surface area (Å²) in [6, 6.07) is 16.1. The van der Waals surface area contributed by atoms with Gasteiger partial charge >= 0.3 is 0 Å². The lowest BCUT2D eigenvalue weighted by atomic mass is 9.71. The third kappa shape index (κ3) is 3.54. The third-order valence-electron chi connectivity index (χ3n) is 5.64. The average molecular weight is 392 g/mol. The molecule has 2 aromatic carbocycles. The highest BCUT2D eigenvalue weighted by Gasteiger charge is 2.40. The smallest absolute Gasteiger partial charge is 0.253 e. The number of benzene rings is 2. The Kier molecular flexibility index (Phi) is 5.84. The van der Waals surface area contributed by atoms with E-state index in [1.807, 2.05) is 37.3 Å². The van der Waals surface area contributed by atoms with Gasteiger partial charge in [0.2, 0.25) is 0 Å². The Labute approximate surface area is 170 Å². The summed E-state index contributed by atoms with van der Waals surface area (Å²) in [6.07, 6.45) is 3.16. The summed E-state index contributed by atoms with van der Waals surface area (Å²) in [5, 5.41) is 12.2. The number of nitrogens with one attached hydrogen (secondary N) is 2. The molecule has 0 saturated carbocycles. The molecule has 28 heavy (non-hydrogen) atoms. The average Bonchev–Trinajstić information content (AvgIpc) is 2.70. The van der Waals surface area contributed by atoms with E-state index in [1.165, 1.54) is 23.0 Å². The van der Waals surface area contributed by atoms with Crippen molar-refractivity contribution in [1.29, 1.82) is 5.41 Å². The van der Waals surface area contributed by atoms with E-state index in [1.54, 1.807) is 0 Å². The highest BCUT2D eigenvalue weighted by atomic mass is 28.2. The van der Waals surface area contributed by atoms with E-state index in [2.05, 4.69) is 49.5 Å². The van der Waals surface area contributed by atoms with Crippen LogP contribution in [0.25, 0.3) is 5.57 Å². The normalized spacial score (nSPS) is 19.8. The van der Waals surface area contributed by atoms with Gasteiger partial charge in [0.15, 0.2) is 0 Å². The summed E-state index contributed by atoms with van der Waals surface area (Å²) >= 11 is 0. The molecule has 0 spiro atoms. The van der Waals surface area contributed by atoms with Gasteiger partial charge in [0, 0.05) is 49.6 Å². The van der Waals surface area contributed by atoms with E-state index in [-0.39, 0.29) is 20.8 Å². The van der Waals surface area contributed by atoms with Crippen molar-refractivity contribution in [1.82, 2.24) is 10.2 Å². The Morgan fingerprint density at radius 3 is 2.79 bits per heavy atom. The molecule has 0 aliphatic carbocycles. The third-order valence-corrected chi connectivity index (χ3v) is 7.15. The number of rotatable bonds is 6. The number of allylic oxidation sites excluding steroid dienone is 1. The summed E-state index contributed by atoms with van der Waals surface area (Å²) < 4.78 is 0. The number of likely N-dealkylation sites (N-methyl/N-ethyl adjacent to an activating group) is 1. The van der Waals surface area contributed by atoms with Crippen LogP contribution in [0.5, 0.6) is 0 Å². The molecule has 1 aliphatic heterocycles. The molecule has 1 amide bonds. The van der Waals surface area contributed by atoms with Crippen molar-refractivity contribution in [2.75, 3.05) is 20.6 Å². The molecule has 0 aromatic heterocycles. The van der Waals surface area contributed by atoms with Crippen LogP contribution < -0.4 is 10.5 Å². The number of nitrogens with zero attached hydrogens (tertiary/aromatic N) is 1. The molecule has 1 unspecified atom stereocenters. The van der Waals surface area contributed by atoms with Crippen LogP contribution in [-0.4, -0.2) is 47.2 Å². The number of hydrogen-bond acceptors (Lipinski definition) is 3. The molecule has 2 N–H and O–H groups in total. The molecule has 4 nitrogen and oxygen atoms in total. The first kappa shape index (κ1) is 20.1. The van der Waals surface area contributed by atoms with Gasteiger partial charge in [-0.05, 0) is 35.7 Å². The van der Waals surface area contributed by atoms with E-state index in [9.17, 15) is 4.79 Å². The Morgan fingerprint density at radius 1 is 1.32 bits per heavy atom. The van der Waals surface area contributed by atoms with Crippen LogP contribution in [0, 0.1) is 5.41 Å². The van der Waals surface area contributed by atoms with E-state index in [0.29, 0.717) is 6.54 Å². The van der Waals surface area contributed by atoms with Gasteiger partial charge in [-0.3, -0.25) is 4.79 Å². The second kappa shape index (κ2) is 8.15. The van der Waals surface area contributed by atoms with Gasteiger partial charge in [-0.2, -0.15) is 0 Å². The Bertz CT molecular complexity index is 937. The molecule has 1 heterocycles. The topological polar surface area (TPSA) is 56.2 Å². The summed E-state index contributed by atoms with van der Waals surface area (Å²) in [5.74, 6) is 0.0621. The highest BCUT2D eigenvalue weighted by Crippen LogP contribution is 2.39. The molecule has 0 bridgehead atoms. The van der Waals surface area contributed by atoms with Crippen LogP contribution in [0.3, 0.4) is 0 Å². The van der Waals surface area contributed by atoms with Gasteiger partial charge in [0.05, 0.1) is 9.52 Å². The van der Waals surface area contributed by atoms with Gasteiger partial charge in [-0.25, -0.2) is 0 Å². The number of hydrogen-bond donors (Lipinski definition) is 2. The summed E-state index contributed by atoms with van der Waals surface area (Å²) in [5.41, 5.74) is 4.53. The van der Waals surface area contributed by atoms with Crippen molar-refractivity contribution in [2.24, 2.45) is 0 Å². The molecule has 0 fully saturated rings. The maximum absolute atomic E-state index is 12.8. The van der Waals surface area contributed by atoms with Crippen LogP contribution in [0.4, 0.5) is 0 Å². The standard InChI is InChI=1S/C23H29N3OSi/c1-5-28-19-8-6-7-18(12-19)23(2)15-26(4)22(27)20-10-9-16(11-21(20)23)17(13-24)14-25-3/h6-14,24-25H,5,15,28H2,1-4H3/b17-14+,24-13?. The lowest BCUT2D eigenvalue weighted by Gasteiger charge is -2.41. The Hall–Kier alpha value is -2.66. The largest absolute Gasteiger partial charge is 0.393 e. The Morgan fingerprint density at radius 2 is 2.11 bits per heavy atom. The first-order chi connectivity index (χ1) is 13.4. The molecule has 146 valence electrons. The van der Waals surface area contributed by atoms with Crippen LogP contribution in [0.1, 0.15) is 40.9 Å². The minimum atomic E-state index is -0.279. The summed E-state index contributed by atoms with van der Waals surface area (Å²) in [6.45, 7) is 5.13. The second-order valence-electron chi connectivity index (χ2n) is 7.74. The first-order valence-electron chi connectivity index (χ1n) is 9.82. The first-order valence-corrected chi connectivity index (χ1v) is 11.5. The fourth-order valence-corrected chi connectivity index (χ4v) is 5.42. The van der Waals surface area contributed by atoms with Crippen molar-refractivity contribution in [3.63, 3.8) is 0 Å². The van der Waals surface area contributed by atoms with Gasteiger partial charge in [0.1, 0.15) is 0 Å². The number of fused-ring (bicyclic) bond motifs is 1. The van der Waals surface area contributed by atoms with Crippen LogP contribution in [-0.2, 0) is 5.41 Å². The van der Waals surface area contributed by atoms with Crippen LogP contribution in [0.15, 0.2) is 48.7 Å². The van der Waals surface area contributed by atoms with Gasteiger partial charge in [-0.15, -0.1) is 0 Å². The van der Waals surface area contributed by atoms with Gasteiger partial charge < -0.3 is 15.6 Å². The van der Waals surface area contributed by atoms with Crippen LogP contribution >= 0.6 is 0 Å². The predicted octanol–water partition coefficient (Wildman–Crippen LogP) is 2.52. The molecule has 3 rings (SSSR count). The lowest BCUT2D eigenvalue weighted by molar-refractivity contribution is 0.0745. The zero-order chi connectivity index (χ0) is 20.3. The van der Waals surface area contributed by atoms with Crippen molar-refractivity contribution in [3.05, 3.63) is 70.9 Å². The summed E-state index contributed by atoms with van der Waals surface area (Å²) in [7, 11) is 3.47. The number of amides is 1.